The maximum atomic E-state index is 10.2. The zero-order valence-electron chi connectivity index (χ0n) is 10.7. The molecule has 0 aromatic heterocycles. The summed E-state index contributed by atoms with van der Waals surface area (Å²) in [5.74, 6) is 2.86. The van der Waals surface area contributed by atoms with Crippen LogP contribution in [-0.4, -0.2) is 27.5 Å². The number of hydrogen-bond acceptors (Lipinski definition) is 4. The van der Waals surface area contributed by atoms with E-state index in [-0.39, 0.29) is 0 Å². The Balaban J connectivity index is 1.46. The predicted molar refractivity (Wildman–Crippen MR) is 68.4 cm³/mol. The van der Waals surface area contributed by atoms with Crippen molar-refractivity contribution in [3.63, 3.8) is 0 Å². The fourth-order valence-electron chi connectivity index (χ4n) is 4.88. The lowest BCUT2D eigenvalue weighted by Gasteiger charge is -2.57. The van der Waals surface area contributed by atoms with Crippen LogP contribution in [0.1, 0.15) is 44.9 Å². The lowest BCUT2D eigenvalue weighted by molar-refractivity contribution is -0.0198. The summed E-state index contributed by atoms with van der Waals surface area (Å²) in [6.07, 6.45) is 9.17. The van der Waals surface area contributed by atoms with Crippen molar-refractivity contribution in [1.82, 2.24) is 5.32 Å². The van der Waals surface area contributed by atoms with Crippen LogP contribution in [-0.2, 0) is 15.5 Å². The molecule has 0 heterocycles. The molecular formula is C13H22NO3S-. The van der Waals surface area contributed by atoms with Gasteiger partial charge in [-0.05, 0) is 69.2 Å². The highest BCUT2D eigenvalue weighted by molar-refractivity contribution is 7.74. The van der Waals surface area contributed by atoms with Crippen LogP contribution in [0.3, 0.4) is 0 Å². The average Bonchev–Trinajstić information content (AvgIpc) is 2.25. The molecule has 0 radical (unpaired) electrons. The summed E-state index contributed by atoms with van der Waals surface area (Å²) in [4.78, 5) is 0. The number of rotatable bonds is 6. The van der Waals surface area contributed by atoms with Gasteiger partial charge in [0.05, 0.1) is 18.0 Å². The zero-order chi connectivity index (χ0) is 12.6. The quantitative estimate of drug-likeness (QED) is 0.591. The van der Waals surface area contributed by atoms with Crippen molar-refractivity contribution in [2.24, 2.45) is 17.8 Å². The van der Waals surface area contributed by atoms with Gasteiger partial charge in [-0.25, -0.2) is 4.21 Å². The molecule has 104 valence electrons. The van der Waals surface area contributed by atoms with E-state index in [0.29, 0.717) is 12.1 Å². The molecule has 4 bridgehead atoms. The zero-order valence-corrected chi connectivity index (χ0v) is 11.5. The van der Waals surface area contributed by atoms with Gasteiger partial charge in [-0.3, -0.25) is 0 Å². The topological polar surface area (TPSA) is 61.4 Å². The minimum atomic E-state index is -2.36. The third kappa shape index (κ3) is 2.79. The molecule has 1 N–H and O–H groups in total. The van der Waals surface area contributed by atoms with E-state index in [4.69, 9.17) is 0 Å². The van der Waals surface area contributed by atoms with Crippen LogP contribution in [0, 0.1) is 17.8 Å². The Labute approximate surface area is 111 Å². The molecular weight excluding hydrogens is 250 g/mol. The van der Waals surface area contributed by atoms with E-state index in [9.17, 15) is 8.76 Å². The Morgan fingerprint density at radius 2 is 1.72 bits per heavy atom. The molecule has 4 rings (SSSR count). The summed E-state index contributed by atoms with van der Waals surface area (Å²) >= 11 is -2.36. The molecule has 0 aromatic carbocycles. The largest absolute Gasteiger partial charge is 0.750 e. The molecule has 1 unspecified atom stereocenters. The summed E-state index contributed by atoms with van der Waals surface area (Å²) in [5.41, 5.74) is 0.380. The van der Waals surface area contributed by atoms with Crippen LogP contribution in [0.2, 0.25) is 0 Å². The summed E-state index contributed by atoms with van der Waals surface area (Å²) in [6, 6.07) is 0. The molecule has 0 spiro atoms. The summed E-state index contributed by atoms with van der Waals surface area (Å²) in [6.45, 7) is 1.18. The van der Waals surface area contributed by atoms with Gasteiger partial charge in [0, 0.05) is 5.54 Å². The molecule has 4 nitrogen and oxygen atoms in total. The molecule has 4 aliphatic rings. The van der Waals surface area contributed by atoms with Crippen molar-refractivity contribution >= 4 is 11.4 Å². The second-order valence-corrected chi connectivity index (χ2v) is 7.15. The Hall–Kier alpha value is 0.0300. The van der Waals surface area contributed by atoms with Gasteiger partial charge < -0.3 is 14.1 Å². The summed E-state index contributed by atoms with van der Waals surface area (Å²) in [7, 11) is 0. The van der Waals surface area contributed by atoms with Crippen LogP contribution in [0.4, 0.5) is 0 Å². The minimum absolute atomic E-state index is 0.301. The van der Waals surface area contributed by atoms with E-state index in [1.54, 1.807) is 0 Å². The first kappa shape index (κ1) is 13.0. The normalized spacial score (nSPS) is 43.3. The Kier molecular flexibility index (Phi) is 3.76. The van der Waals surface area contributed by atoms with Crippen molar-refractivity contribution in [2.75, 3.05) is 13.2 Å². The molecule has 18 heavy (non-hydrogen) atoms. The average molecular weight is 272 g/mol. The highest BCUT2D eigenvalue weighted by Crippen LogP contribution is 2.55. The van der Waals surface area contributed by atoms with Crippen molar-refractivity contribution < 1.29 is 12.9 Å². The van der Waals surface area contributed by atoms with E-state index < -0.39 is 11.4 Å². The van der Waals surface area contributed by atoms with Crippen molar-refractivity contribution in [3.8, 4) is 0 Å². The van der Waals surface area contributed by atoms with Gasteiger partial charge in [0.15, 0.2) is 0 Å². The fraction of sp³-hybridized carbons (Fsp3) is 1.00. The minimum Gasteiger partial charge on any atom is -0.750 e. The third-order valence-corrected chi connectivity index (χ3v) is 5.40. The van der Waals surface area contributed by atoms with Gasteiger partial charge in [-0.15, -0.1) is 0 Å². The Bertz CT molecular complexity index is 299. The lowest BCUT2D eigenvalue weighted by Crippen LogP contribution is -2.58. The molecule has 4 saturated carbocycles. The van der Waals surface area contributed by atoms with E-state index in [0.717, 1.165) is 30.7 Å². The van der Waals surface area contributed by atoms with Crippen LogP contribution in [0.5, 0.6) is 0 Å². The first-order chi connectivity index (χ1) is 8.65. The Morgan fingerprint density at radius 3 is 2.22 bits per heavy atom. The van der Waals surface area contributed by atoms with Crippen molar-refractivity contribution in [3.05, 3.63) is 0 Å². The lowest BCUT2D eigenvalue weighted by atomic mass is 9.53. The summed E-state index contributed by atoms with van der Waals surface area (Å²) in [5, 5.41) is 3.72. The van der Waals surface area contributed by atoms with Crippen LogP contribution < -0.4 is 5.32 Å². The van der Waals surface area contributed by atoms with Crippen molar-refractivity contribution in [2.45, 2.75) is 50.5 Å². The van der Waals surface area contributed by atoms with Crippen LogP contribution in [0.15, 0.2) is 0 Å². The predicted octanol–water partition coefficient (Wildman–Crippen LogP) is 1.75. The fourth-order valence-corrected chi connectivity index (χ4v) is 5.13. The molecule has 5 heteroatoms. The molecule has 4 fully saturated rings. The molecule has 4 aliphatic carbocycles. The van der Waals surface area contributed by atoms with E-state index in [2.05, 4.69) is 9.50 Å². The van der Waals surface area contributed by atoms with Gasteiger partial charge in [-0.2, -0.15) is 0 Å². The summed E-state index contributed by atoms with van der Waals surface area (Å²) < 4.78 is 25.0. The monoisotopic (exact) mass is 272 g/mol. The van der Waals surface area contributed by atoms with Crippen LogP contribution >= 0.6 is 0 Å². The van der Waals surface area contributed by atoms with Crippen molar-refractivity contribution in [1.29, 1.82) is 0 Å². The molecule has 0 aliphatic heterocycles. The molecule has 1 atom stereocenters. The first-order valence-corrected chi connectivity index (χ1v) is 8.13. The maximum absolute atomic E-state index is 10.2. The third-order valence-electron chi connectivity index (χ3n) is 5.04. The van der Waals surface area contributed by atoms with E-state index in [1.165, 1.54) is 38.5 Å². The van der Waals surface area contributed by atoms with Gasteiger partial charge >= 0.3 is 0 Å². The highest BCUT2D eigenvalue weighted by atomic mass is 32.2. The maximum Gasteiger partial charge on any atom is 0.0842 e. The van der Waals surface area contributed by atoms with Gasteiger partial charge in [0.25, 0.3) is 0 Å². The molecule has 0 saturated heterocycles. The number of hydrogen-bond donors (Lipinski definition) is 1. The molecule has 0 aromatic rings. The molecule has 0 amide bonds. The van der Waals surface area contributed by atoms with Crippen LogP contribution in [0.25, 0.3) is 0 Å². The van der Waals surface area contributed by atoms with Gasteiger partial charge in [0.1, 0.15) is 0 Å². The van der Waals surface area contributed by atoms with E-state index >= 15 is 0 Å². The van der Waals surface area contributed by atoms with Gasteiger partial charge in [0.2, 0.25) is 0 Å². The SMILES string of the molecule is O=S([O-])OCCCNC12CC3CC(CC(C3)C1)C2. The number of nitrogens with one attached hydrogen (secondary N) is 1. The van der Waals surface area contributed by atoms with Gasteiger partial charge in [-0.1, -0.05) is 0 Å². The first-order valence-electron chi connectivity index (χ1n) is 7.13. The van der Waals surface area contributed by atoms with E-state index in [1.807, 2.05) is 0 Å². The smallest absolute Gasteiger partial charge is 0.0842 e. The standard InChI is InChI=1S/C13H23NO3S/c15-18(16)17-3-1-2-14-13-7-10-4-11(8-13)6-12(5-10)9-13/h10-12,14H,1-9H2,(H,15,16)/p-1. The second-order valence-electron chi connectivity index (χ2n) is 6.50. The second kappa shape index (κ2) is 5.19. The Morgan fingerprint density at radius 1 is 1.17 bits per heavy atom. The highest BCUT2D eigenvalue weighted by Gasteiger charge is 2.50.